The van der Waals surface area contributed by atoms with Crippen molar-refractivity contribution in [3.8, 4) is 5.75 Å². The number of nitrogens with zero attached hydrogens (tertiary/aromatic N) is 1. The van der Waals surface area contributed by atoms with Gasteiger partial charge in [-0.3, -0.25) is 0 Å². The molecule has 1 aromatic carbocycles. The lowest BCUT2D eigenvalue weighted by atomic mass is 10.2. The summed E-state index contributed by atoms with van der Waals surface area (Å²) in [4.78, 5) is 4.15. The van der Waals surface area contributed by atoms with Gasteiger partial charge >= 0.3 is 0 Å². The van der Waals surface area contributed by atoms with E-state index in [-0.39, 0.29) is 6.61 Å². The number of benzene rings is 1. The van der Waals surface area contributed by atoms with Crippen molar-refractivity contribution in [2.24, 2.45) is 0 Å². The van der Waals surface area contributed by atoms with Crippen LogP contribution in [0.1, 0.15) is 11.3 Å². The molecule has 6 heteroatoms. The Morgan fingerprint density at radius 3 is 2.53 bits per heavy atom. The zero-order chi connectivity index (χ0) is 12.3. The first kappa shape index (κ1) is 13.0. The van der Waals surface area contributed by atoms with E-state index >= 15 is 0 Å². The molecule has 2 aromatic rings. The van der Waals surface area contributed by atoms with Crippen LogP contribution in [0, 0.1) is 0 Å². The Morgan fingerprint density at radius 1 is 1.29 bits per heavy atom. The molecule has 0 aliphatic carbocycles. The third-order valence-corrected chi connectivity index (χ3v) is 3.90. The van der Waals surface area contributed by atoms with Crippen molar-refractivity contribution in [2.45, 2.75) is 13.2 Å². The second kappa shape index (κ2) is 5.95. The molecule has 0 unspecified atom stereocenters. The molecule has 17 heavy (non-hydrogen) atoms. The number of hydrogen-bond acceptors (Lipinski definition) is 4. The Balaban J connectivity index is 2.15. The van der Waals surface area contributed by atoms with Gasteiger partial charge in [-0.05, 0) is 49.6 Å². The highest BCUT2D eigenvalue weighted by molar-refractivity contribution is 9.11. The van der Waals surface area contributed by atoms with E-state index in [4.69, 9.17) is 9.84 Å². The average Bonchev–Trinajstić information content (AvgIpc) is 2.80. The summed E-state index contributed by atoms with van der Waals surface area (Å²) < 4.78 is 7.30. The summed E-state index contributed by atoms with van der Waals surface area (Å²) in [5, 5.41) is 11.0. The predicted molar refractivity (Wildman–Crippen MR) is 74.2 cm³/mol. The summed E-state index contributed by atoms with van der Waals surface area (Å²) in [7, 11) is 0. The maximum atomic E-state index is 9.07. The zero-order valence-corrected chi connectivity index (χ0v) is 12.7. The van der Waals surface area contributed by atoms with Crippen molar-refractivity contribution in [3.63, 3.8) is 0 Å². The van der Waals surface area contributed by atoms with Gasteiger partial charge in [0.15, 0.2) is 0 Å². The van der Waals surface area contributed by atoms with E-state index in [1.165, 1.54) is 0 Å². The molecular weight excluding hydrogens is 370 g/mol. The summed E-state index contributed by atoms with van der Waals surface area (Å²) in [6, 6.07) is 3.67. The first-order chi connectivity index (χ1) is 8.20. The summed E-state index contributed by atoms with van der Waals surface area (Å²) >= 11 is 8.38. The number of rotatable bonds is 4. The summed E-state index contributed by atoms with van der Waals surface area (Å²) in [6.45, 7) is 0.433. The van der Waals surface area contributed by atoms with E-state index in [1.54, 1.807) is 16.8 Å². The van der Waals surface area contributed by atoms with Gasteiger partial charge in [-0.2, -0.15) is 0 Å². The maximum absolute atomic E-state index is 9.07. The van der Waals surface area contributed by atoms with E-state index in [9.17, 15) is 0 Å². The van der Waals surface area contributed by atoms with Crippen LogP contribution >= 0.6 is 43.2 Å². The monoisotopic (exact) mass is 377 g/mol. The number of thiazole rings is 1. The van der Waals surface area contributed by atoms with Crippen molar-refractivity contribution < 1.29 is 9.84 Å². The summed E-state index contributed by atoms with van der Waals surface area (Å²) in [5.74, 6) is 0.718. The molecule has 0 saturated carbocycles. The van der Waals surface area contributed by atoms with Gasteiger partial charge in [0, 0.05) is 5.38 Å². The van der Waals surface area contributed by atoms with E-state index in [1.807, 2.05) is 17.5 Å². The number of aromatic nitrogens is 1. The lowest BCUT2D eigenvalue weighted by molar-refractivity contribution is 0.279. The molecule has 0 aliphatic heterocycles. The molecule has 1 aromatic heterocycles. The minimum Gasteiger partial charge on any atom is -0.485 e. The van der Waals surface area contributed by atoms with Gasteiger partial charge in [0.2, 0.25) is 0 Å². The fourth-order valence-corrected chi connectivity index (χ4v) is 3.35. The minimum absolute atomic E-state index is 0.00354. The maximum Gasteiger partial charge on any atom is 0.148 e. The van der Waals surface area contributed by atoms with Gasteiger partial charge in [0.1, 0.15) is 12.4 Å². The molecule has 0 bridgehead atoms. The summed E-state index contributed by atoms with van der Waals surface area (Å²) in [5.41, 5.74) is 3.50. The SMILES string of the molecule is OCc1cc(Br)c(OCc2cscn2)c(Br)c1. The van der Waals surface area contributed by atoms with Crippen molar-refractivity contribution in [1.29, 1.82) is 0 Å². The predicted octanol–water partition coefficient (Wildman–Crippen LogP) is 3.74. The average molecular weight is 379 g/mol. The highest BCUT2D eigenvalue weighted by Gasteiger charge is 2.09. The van der Waals surface area contributed by atoms with Crippen molar-refractivity contribution in [2.75, 3.05) is 0 Å². The lowest BCUT2D eigenvalue weighted by Gasteiger charge is -2.10. The van der Waals surface area contributed by atoms with Crippen LogP contribution in [0.3, 0.4) is 0 Å². The lowest BCUT2D eigenvalue weighted by Crippen LogP contribution is -1.98. The van der Waals surface area contributed by atoms with Crippen molar-refractivity contribution in [1.82, 2.24) is 4.98 Å². The Hall–Kier alpha value is -0.430. The van der Waals surface area contributed by atoms with Crippen molar-refractivity contribution in [3.05, 3.63) is 43.2 Å². The Labute approximate surface area is 120 Å². The van der Waals surface area contributed by atoms with Crippen LogP contribution in [0.5, 0.6) is 5.75 Å². The second-order valence-electron chi connectivity index (χ2n) is 3.32. The molecule has 0 aliphatic rings. The number of aliphatic hydroxyl groups excluding tert-OH is 1. The topological polar surface area (TPSA) is 42.4 Å². The number of ether oxygens (including phenoxy) is 1. The van der Waals surface area contributed by atoms with Crippen LogP contribution in [0.2, 0.25) is 0 Å². The molecule has 0 radical (unpaired) electrons. The Kier molecular flexibility index (Phi) is 4.55. The molecule has 1 heterocycles. The molecule has 0 saturated heterocycles. The second-order valence-corrected chi connectivity index (χ2v) is 5.74. The Bertz CT molecular complexity index is 479. The van der Waals surface area contributed by atoms with Crippen LogP contribution in [0.15, 0.2) is 32.0 Å². The highest BCUT2D eigenvalue weighted by atomic mass is 79.9. The van der Waals surface area contributed by atoms with Crippen molar-refractivity contribution >= 4 is 43.2 Å². The standard InChI is InChI=1S/C11H9Br2NO2S/c12-9-1-7(3-15)2-10(13)11(9)16-4-8-5-17-6-14-8/h1-2,5-6,15H,3-4H2. The van der Waals surface area contributed by atoms with E-state index in [0.29, 0.717) is 6.61 Å². The first-order valence-corrected chi connectivity index (χ1v) is 7.32. The molecule has 0 spiro atoms. The molecule has 3 nitrogen and oxygen atoms in total. The van der Waals surface area contributed by atoms with Crippen LogP contribution in [-0.4, -0.2) is 10.1 Å². The number of halogens is 2. The van der Waals surface area contributed by atoms with E-state index in [2.05, 4.69) is 36.8 Å². The highest BCUT2D eigenvalue weighted by Crippen LogP contribution is 2.35. The minimum atomic E-state index is 0.00354. The largest absolute Gasteiger partial charge is 0.485 e. The van der Waals surface area contributed by atoms with Gasteiger partial charge in [0.05, 0.1) is 26.8 Å². The van der Waals surface area contributed by atoms with Gasteiger partial charge < -0.3 is 9.84 Å². The third-order valence-electron chi connectivity index (χ3n) is 2.09. The molecule has 0 fully saturated rings. The van der Waals surface area contributed by atoms with Gasteiger partial charge in [-0.15, -0.1) is 11.3 Å². The molecule has 1 N–H and O–H groups in total. The fraction of sp³-hybridized carbons (Fsp3) is 0.182. The third kappa shape index (κ3) is 3.28. The van der Waals surface area contributed by atoms with Crippen LogP contribution < -0.4 is 4.74 Å². The summed E-state index contributed by atoms with van der Waals surface area (Å²) in [6.07, 6.45) is 0. The Morgan fingerprint density at radius 2 is 2.00 bits per heavy atom. The quantitative estimate of drug-likeness (QED) is 0.881. The van der Waals surface area contributed by atoms with Gasteiger partial charge in [0.25, 0.3) is 0 Å². The van der Waals surface area contributed by atoms with Crippen LogP contribution in [0.4, 0.5) is 0 Å². The van der Waals surface area contributed by atoms with E-state index < -0.39 is 0 Å². The molecule has 90 valence electrons. The van der Waals surface area contributed by atoms with Crippen LogP contribution in [0.25, 0.3) is 0 Å². The normalized spacial score (nSPS) is 10.5. The molecule has 2 rings (SSSR count). The van der Waals surface area contributed by atoms with E-state index in [0.717, 1.165) is 26.0 Å². The zero-order valence-electron chi connectivity index (χ0n) is 8.69. The van der Waals surface area contributed by atoms with Gasteiger partial charge in [-0.1, -0.05) is 0 Å². The number of hydrogen-bond donors (Lipinski definition) is 1. The fourth-order valence-electron chi connectivity index (χ4n) is 1.30. The first-order valence-electron chi connectivity index (χ1n) is 4.79. The van der Waals surface area contributed by atoms with Crippen LogP contribution in [-0.2, 0) is 13.2 Å². The molecule has 0 amide bonds. The van der Waals surface area contributed by atoms with Gasteiger partial charge in [-0.25, -0.2) is 4.98 Å². The number of aliphatic hydroxyl groups is 1. The molecular formula is C11H9Br2NO2S. The smallest absolute Gasteiger partial charge is 0.148 e. The molecule has 0 atom stereocenters.